The standard InChI is InChI=1S/C9H14N4.2ClH/c10-6-8-2-1-5-13(8)9-7-11-3-4-12-9;;/h3-4,7-8H,1-2,5-6,10H2;2*1H. The lowest BCUT2D eigenvalue weighted by Crippen LogP contribution is -2.35. The Balaban J connectivity index is 0.000000980. The minimum Gasteiger partial charge on any atom is -0.351 e. The van der Waals surface area contributed by atoms with Gasteiger partial charge in [-0.15, -0.1) is 24.8 Å². The highest BCUT2D eigenvalue weighted by atomic mass is 35.5. The molecule has 0 amide bonds. The average Bonchev–Trinajstić information content (AvgIpc) is 2.67. The van der Waals surface area contributed by atoms with Crippen molar-refractivity contribution in [1.82, 2.24) is 9.97 Å². The molecule has 0 radical (unpaired) electrons. The van der Waals surface area contributed by atoms with Gasteiger partial charge in [0.1, 0.15) is 5.82 Å². The van der Waals surface area contributed by atoms with Gasteiger partial charge in [0.15, 0.2) is 0 Å². The summed E-state index contributed by atoms with van der Waals surface area (Å²) in [6, 6.07) is 0.455. The Morgan fingerprint density at radius 1 is 1.40 bits per heavy atom. The van der Waals surface area contributed by atoms with Crippen molar-refractivity contribution in [2.24, 2.45) is 5.73 Å². The maximum atomic E-state index is 5.67. The molecule has 1 saturated heterocycles. The van der Waals surface area contributed by atoms with E-state index in [1.54, 1.807) is 18.6 Å². The molecule has 1 atom stereocenters. The van der Waals surface area contributed by atoms with Crippen LogP contribution in [0.1, 0.15) is 12.8 Å². The van der Waals surface area contributed by atoms with E-state index in [9.17, 15) is 0 Å². The SMILES string of the molecule is Cl.Cl.NCC1CCCN1c1cnccn1. The molecule has 2 rings (SSSR count). The fourth-order valence-electron chi connectivity index (χ4n) is 1.82. The fourth-order valence-corrected chi connectivity index (χ4v) is 1.82. The average molecular weight is 251 g/mol. The second kappa shape index (κ2) is 6.82. The van der Waals surface area contributed by atoms with Crippen molar-refractivity contribution in [2.75, 3.05) is 18.0 Å². The van der Waals surface area contributed by atoms with Crippen molar-refractivity contribution < 1.29 is 0 Å². The number of aromatic nitrogens is 2. The third-order valence-electron chi connectivity index (χ3n) is 2.49. The number of nitrogens with zero attached hydrogens (tertiary/aromatic N) is 3. The number of anilines is 1. The molecule has 4 nitrogen and oxygen atoms in total. The van der Waals surface area contributed by atoms with E-state index in [2.05, 4.69) is 14.9 Å². The van der Waals surface area contributed by atoms with Crippen LogP contribution in [0.5, 0.6) is 0 Å². The van der Waals surface area contributed by atoms with Gasteiger partial charge in [0, 0.05) is 31.5 Å². The summed E-state index contributed by atoms with van der Waals surface area (Å²) in [4.78, 5) is 10.6. The zero-order valence-corrected chi connectivity index (χ0v) is 10.0. The van der Waals surface area contributed by atoms with Crippen LogP contribution in [0.4, 0.5) is 5.82 Å². The van der Waals surface area contributed by atoms with E-state index in [1.165, 1.54) is 12.8 Å². The molecule has 2 N–H and O–H groups in total. The summed E-state index contributed by atoms with van der Waals surface area (Å²) in [5.74, 6) is 0.954. The molecule has 1 aromatic rings. The molecule has 1 aliphatic rings. The van der Waals surface area contributed by atoms with Crippen LogP contribution in [0.15, 0.2) is 18.6 Å². The molecule has 0 bridgehead atoms. The van der Waals surface area contributed by atoms with E-state index in [0.29, 0.717) is 12.6 Å². The van der Waals surface area contributed by atoms with Crippen LogP contribution in [0.3, 0.4) is 0 Å². The van der Waals surface area contributed by atoms with E-state index < -0.39 is 0 Å². The number of halogens is 2. The third kappa shape index (κ3) is 3.19. The number of hydrogen-bond donors (Lipinski definition) is 1. The van der Waals surface area contributed by atoms with Crippen LogP contribution in [0, 0.1) is 0 Å². The van der Waals surface area contributed by atoms with Gasteiger partial charge >= 0.3 is 0 Å². The highest BCUT2D eigenvalue weighted by Crippen LogP contribution is 2.21. The Morgan fingerprint density at radius 2 is 2.20 bits per heavy atom. The highest BCUT2D eigenvalue weighted by molar-refractivity contribution is 5.85. The topological polar surface area (TPSA) is 55.0 Å². The minimum atomic E-state index is 0. The van der Waals surface area contributed by atoms with Gasteiger partial charge in [-0.2, -0.15) is 0 Å². The predicted molar refractivity (Wildman–Crippen MR) is 66.0 cm³/mol. The molecule has 2 heterocycles. The first kappa shape index (κ1) is 14.4. The Morgan fingerprint density at radius 3 is 2.80 bits per heavy atom. The lowest BCUT2D eigenvalue weighted by Gasteiger charge is -2.23. The molecule has 0 spiro atoms. The summed E-state index contributed by atoms with van der Waals surface area (Å²) < 4.78 is 0. The largest absolute Gasteiger partial charge is 0.351 e. The maximum absolute atomic E-state index is 5.67. The zero-order valence-electron chi connectivity index (χ0n) is 8.37. The summed E-state index contributed by atoms with van der Waals surface area (Å²) in [5.41, 5.74) is 5.67. The summed E-state index contributed by atoms with van der Waals surface area (Å²) in [5, 5.41) is 0. The molecule has 86 valence electrons. The van der Waals surface area contributed by atoms with Gasteiger partial charge < -0.3 is 10.6 Å². The molecule has 0 aromatic carbocycles. The molecular weight excluding hydrogens is 235 g/mol. The first-order chi connectivity index (χ1) is 6.42. The van der Waals surface area contributed by atoms with E-state index >= 15 is 0 Å². The first-order valence-electron chi connectivity index (χ1n) is 4.64. The van der Waals surface area contributed by atoms with Gasteiger partial charge in [0.05, 0.1) is 6.20 Å². The van der Waals surface area contributed by atoms with Crippen molar-refractivity contribution in [2.45, 2.75) is 18.9 Å². The molecule has 15 heavy (non-hydrogen) atoms. The second-order valence-electron chi connectivity index (χ2n) is 3.29. The Bertz CT molecular complexity index is 270. The lowest BCUT2D eigenvalue weighted by molar-refractivity contribution is 0.670. The van der Waals surface area contributed by atoms with Gasteiger partial charge in [-0.3, -0.25) is 4.98 Å². The van der Waals surface area contributed by atoms with Gasteiger partial charge in [-0.05, 0) is 12.8 Å². The van der Waals surface area contributed by atoms with Crippen LogP contribution in [-0.2, 0) is 0 Å². The van der Waals surface area contributed by atoms with Crippen molar-refractivity contribution in [3.05, 3.63) is 18.6 Å². The Labute approximate surface area is 102 Å². The lowest BCUT2D eigenvalue weighted by atomic mass is 10.2. The zero-order chi connectivity index (χ0) is 9.10. The van der Waals surface area contributed by atoms with Crippen LogP contribution in [-0.4, -0.2) is 29.1 Å². The molecule has 1 aliphatic heterocycles. The van der Waals surface area contributed by atoms with Gasteiger partial charge in [-0.25, -0.2) is 4.98 Å². The quantitative estimate of drug-likeness (QED) is 0.859. The summed E-state index contributed by atoms with van der Waals surface area (Å²) in [6.07, 6.45) is 7.59. The van der Waals surface area contributed by atoms with Crippen LogP contribution < -0.4 is 10.6 Å². The van der Waals surface area contributed by atoms with Crippen LogP contribution in [0.25, 0.3) is 0 Å². The maximum Gasteiger partial charge on any atom is 0.147 e. The fraction of sp³-hybridized carbons (Fsp3) is 0.556. The molecule has 1 fully saturated rings. The molecule has 1 aromatic heterocycles. The molecule has 0 aliphatic carbocycles. The van der Waals surface area contributed by atoms with Crippen molar-refractivity contribution in [3.8, 4) is 0 Å². The van der Waals surface area contributed by atoms with Crippen molar-refractivity contribution in [1.29, 1.82) is 0 Å². The Kier molecular flexibility index (Phi) is 6.56. The van der Waals surface area contributed by atoms with Gasteiger partial charge in [0.2, 0.25) is 0 Å². The first-order valence-corrected chi connectivity index (χ1v) is 4.64. The van der Waals surface area contributed by atoms with Crippen LogP contribution in [0.2, 0.25) is 0 Å². The molecule has 6 heteroatoms. The van der Waals surface area contributed by atoms with E-state index in [0.717, 1.165) is 12.4 Å². The normalized spacial score (nSPS) is 19.3. The van der Waals surface area contributed by atoms with Crippen molar-refractivity contribution in [3.63, 3.8) is 0 Å². The molecular formula is C9H16Cl2N4. The number of hydrogen-bond acceptors (Lipinski definition) is 4. The minimum absolute atomic E-state index is 0. The van der Waals surface area contributed by atoms with Gasteiger partial charge in [0.25, 0.3) is 0 Å². The number of rotatable bonds is 2. The predicted octanol–water partition coefficient (Wildman–Crippen LogP) is 1.25. The Hall–Kier alpha value is -0.580. The van der Waals surface area contributed by atoms with E-state index in [-0.39, 0.29) is 24.8 Å². The third-order valence-corrected chi connectivity index (χ3v) is 2.49. The van der Waals surface area contributed by atoms with E-state index in [1.807, 2.05) is 0 Å². The summed E-state index contributed by atoms with van der Waals surface area (Å²) in [6.45, 7) is 1.76. The molecule has 0 saturated carbocycles. The summed E-state index contributed by atoms with van der Waals surface area (Å²) in [7, 11) is 0. The highest BCUT2D eigenvalue weighted by Gasteiger charge is 2.23. The van der Waals surface area contributed by atoms with Crippen LogP contribution >= 0.6 is 24.8 Å². The van der Waals surface area contributed by atoms with E-state index in [4.69, 9.17) is 5.73 Å². The second-order valence-corrected chi connectivity index (χ2v) is 3.29. The van der Waals surface area contributed by atoms with Crippen molar-refractivity contribution >= 4 is 30.6 Å². The van der Waals surface area contributed by atoms with Gasteiger partial charge in [-0.1, -0.05) is 0 Å². The number of nitrogens with two attached hydrogens (primary N) is 1. The summed E-state index contributed by atoms with van der Waals surface area (Å²) >= 11 is 0. The molecule has 1 unspecified atom stereocenters. The monoisotopic (exact) mass is 250 g/mol. The smallest absolute Gasteiger partial charge is 0.147 e.